The van der Waals surface area contributed by atoms with Gasteiger partial charge in [0, 0.05) is 23.6 Å². The van der Waals surface area contributed by atoms with Crippen LogP contribution in [0.1, 0.15) is 10.4 Å². The van der Waals surface area contributed by atoms with E-state index >= 15 is 0 Å². The van der Waals surface area contributed by atoms with Crippen molar-refractivity contribution in [2.24, 2.45) is 0 Å². The first-order valence-electron chi connectivity index (χ1n) is 7.15. The van der Waals surface area contributed by atoms with Crippen molar-refractivity contribution < 1.29 is 4.79 Å². The largest absolute Gasteiger partial charge is 0.306 e. The van der Waals surface area contributed by atoms with Gasteiger partial charge in [-0.1, -0.05) is 12.1 Å². The van der Waals surface area contributed by atoms with Crippen LogP contribution in [-0.2, 0) is 0 Å². The minimum Gasteiger partial charge on any atom is -0.306 e. The van der Waals surface area contributed by atoms with Crippen molar-refractivity contribution in [1.29, 1.82) is 0 Å². The van der Waals surface area contributed by atoms with E-state index in [1.54, 1.807) is 36.0 Å². The summed E-state index contributed by atoms with van der Waals surface area (Å²) in [6, 6.07) is 11.1. The molecule has 8 heteroatoms. The number of hydrogen-bond donors (Lipinski definition) is 2. The molecule has 0 bridgehead atoms. The Kier molecular flexibility index (Phi) is 3.64. The molecular formula is C16H12N6OS. The lowest BCUT2D eigenvalue weighted by Gasteiger charge is -2.05. The Morgan fingerprint density at radius 3 is 3.00 bits per heavy atom. The summed E-state index contributed by atoms with van der Waals surface area (Å²) in [6.07, 6.45) is 5.19. The molecule has 0 aliphatic heterocycles. The fourth-order valence-electron chi connectivity index (χ4n) is 2.23. The van der Waals surface area contributed by atoms with E-state index < -0.39 is 0 Å². The number of nitrogens with zero attached hydrogens (tertiary/aromatic N) is 4. The van der Waals surface area contributed by atoms with Gasteiger partial charge in [0.15, 0.2) is 5.82 Å². The quantitative estimate of drug-likeness (QED) is 0.600. The van der Waals surface area contributed by atoms with Gasteiger partial charge in [0.05, 0.1) is 11.2 Å². The molecule has 4 rings (SSSR count). The lowest BCUT2D eigenvalue weighted by molar-refractivity contribution is 0.102. The number of imidazole rings is 1. The molecule has 1 aromatic carbocycles. The van der Waals surface area contributed by atoms with E-state index in [1.807, 2.05) is 40.4 Å². The van der Waals surface area contributed by atoms with E-state index in [4.69, 9.17) is 0 Å². The van der Waals surface area contributed by atoms with Gasteiger partial charge >= 0.3 is 0 Å². The zero-order chi connectivity index (χ0) is 16.4. The highest BCUT2D eigenvalue weighted by atomic mass is 32.1. The van der Waals surface area contributed by atoms with E-state index in [0.717, 1.165) is 10.6 Å². The van der Waals surface area contributed by atoms with E-state index in [0.29, 0.717) is 11.4 Å². The Balaban J connectivity index is 1.53. The maximum absolute atomic E-state index is 12.4. The van der Waals surface area contributed by atoms with Crippen LogP contribution in [0.15, 0.2) is 60.5 Å². The van der Waals surface area contributed by atoms with Crippen LogP contribution in [0.2, 0.25) is 0 Å². The molecule has 2 N–H and O–H groups in total. The molecule has 0 saturated heterocycles. The van der Waals surface area contributed by atoms with E-state index in [1.165, 1.54) is 0 Å². The van der Waals surface area contributed by atoms with Crippen molar-refractivity contribution in [3.8, 4) is 16.4 Å². The fourth-order valence-corrected chi connectivity index (χ4v) is 2.90. The molecule has 7 nitrogen and oxygen atoms in total. The van der Waals surface area contributed by atoms with Crippen molar-refractivity contribution >= 4 is 23.2 Å². The monoisotopic (exact) mass is 336 g/mol. The Morgan fingerprint density at radius 2 is 2.21 bits per heavy atom. The number of carbonyl (C=O) groups excluding carboxylic acids is 1. The second kappa shape index (κ2) is 6.09. The van der Waals surface area contributed by atoms with Crippen LogP contribution < -0.4 is 5.32 Å². The number of aromatic amines is 1. The minimum atomic E-state index is -0.270. The van der Waals surface area contributed by atoms with E-state index in [-0.39, 0.29) is 11.9 Å². The van der Waals surface area contributed by atoms with Crippen molar-refractivity contribution in [2.45, 2.75) is 0 Å². The van der Waals surface area contributed by atoms with Crippen LogP contribution in [0, 0.1) is 0 Å². The van der Waals surface area contributed by atoms with Crippen LogP contribution in [0.4, 0.5) is 5.95 Å². The summed E-state index contributed by atoms with van der Waals surface area (Å²) in [4.78, 5) is 21.7. The van der Waals surface area contributed by atoms with Crippen LogP contribution in [-0.4, -0.2) is 30.6 Å². The molecule has 0 aliphatic rings. The molecule has 118 valence electrons. The van der Waals surface area contributed by atoms with Crippen molar-refractivity contribution in [3.63, 3.8) is 0 Å². The predicted octanol–water partition coefficient (Wildman–Crippen LogP) is 2.97. The molecule has 24 heavy (non-hydrogen) atoms. The Bertz CT molecular complexity index is 958. The van der Waals surface area contributed by atoms with Crippen LogP contribution in [0.3, 0.4) is 0 Å². The summed E-state index contributed by atoms with van der Waals surface area (Å²) < 4.78 is 1.83. The predicted molar refractivity (Wildman–Crippen MR) is 91.2 cm³/mol. The third kappa shape index (κ3) is 2.82. The SMILES string of the molecule is O=C(Nc1n[nH]c(-c2cccs2)n1)c1cccc(-n2ccnc2)c1. The van der Waals surface area contributed by atoms with Crippen molar-refractivity contribution in [3.05, 3.63) is 66.1 Å². The fraction of sp³-hybridized carbons (Fsp3) is 0. The van der Waals surface area contributed by atoms with Gasteiger partial charge in [0.25, 0.3) is 5.91 Å². The van der Waals surface area contributed by atoms with Gasteiger partial charge in [-0.3, -0.25) is 15.2 Å². The molecule has 3 aromatic heterocycles. The number of aromatic nitrogens is 5. The second-order valence-corrected chi connectivity index (χ2v) is 5.91. The summed E-state index contributed by atoms with van der Waals surface area (Å²) in [7, 11) is 0. The molecule has 0 atom stereocenters. The number of thiophene rings is 1. The van der Waals surface area contributed by atoms with Crippen molar-refractivity contribution in [1.82, 2.24) is 24.7 Å². The number of H-pyrrole nitrogens is 1. The van der Waals surface area contributed by atoms with Gasteiger partial charge in [0.2, 0.25) is 5.95 Å². The van der Waals surface area contributed by atoms with Crippen LogP contribution in [0.25, 0.3) is 16.4 Å². The molecule has 0 saturated carbocycles. The average Bonchev–Trinajstić information content (AvgIpc) is 3.36. The normalized spacial score (nSPS) is 10.7. The van der Waals surface area contributed by atoms with Gasteiger partial charge < -0.3 is 4.57 Å². The van der Waals surface area contributed by atoms with Crippen molar-refractivity contribution in [2.75, 3.05) is 5.32 Å². The first-order chi connectivity index (χ1) is 11.8. The number of benzene rings is 1. The minimum absolute atomic E-state index is 0.247. The van der Waals surface area contributed by atoms with Gasteiger partial charge in [-0.05, 0) is 29.6 Å². The summed E-state index contributed by atoms with van der Waals surface area (Å²) in [5, 5.41) is 11.5. The third-order valence-corrected chi connectivity index (χ3v) is 4.25. The molecule has 0 spiro atoms. The number of hydrogen-bond acceptors (Lipinski definition) is 5. The van der Waals surface area contributed by atoms with E-state index in [2.05, 4.69) is 25.5 Å². The second-order valence-electron chi connectivity index (χ2n) is 4.96. The molecule has 0 unspecified atom stereocenters. The van der Waals surface area contributed by atoms with Gasteiger partial charge in [-0.15, -0.1) is 16.4 Å². The first kappa shape index (κ1) is 14.3. The molecular weight excluding hydrogens is 324 g/mol. The zero-order valence-corrected chi connectivity index (χ0v) is 13.2. The Labute approximate surface area is 141 Å². The Hall–Kier alpha value is -3.26. The standard InChI is InChI=1S/C16H12N6OS/c23-15(11-3-1-4-12(9-11)22-7-6-17-10-22)19-16-18-14(20-21-16)13-5-2-8-24-13/h1-10H,(H2,18,19,20,21,23). The van der Waals surface area contributed by atoms with Crippen LogP contribution in [0.5, 0.6) is 0 Å². The summed E-state index contributed by atoms with van der Waals surface area (Å²) in [6.45, 7) is 0. The summed E-state index contributed by atoms with van der Waals surface area (Å²) in [5.74, 6) is 0.609. The van der Waals surface area contributed by atoms with Gasteiger partial charge in [0.1, 0.15) is 0 Å². The lowest BCUT2D eigenvalue weighted by atomic mass is 10.2. The summed E-state index contributed by atoms with van der Waals surface area (Å²) >= 11 is 1.55. The third-order valence-electron chi connectivity index (χ3n) is 3.38. The van der Waals surface area contributed by atoms with Gasteiger partial charge in [-0.25, -0.2) is 4.98 Å². The topological polar surface area (TPSA) is 88.5 Å². The zero-order valence-electron chi connectivity index (χ0n) is 12.4. The van der Waals surface area contributed by atoms with E-state index in [9.17, 15) is 4.79 Å². The molecule has 0 aliphatic carbocycles. The number of anilines is 1. The average molecular weight is 336 g/mol. The maximum Gasteiger partial charge on any atom is 0.258 e. The van der Waals surface area contributed by atoms with Gasteiger partial charge in [-0.2, -0.15) is 4.98 Å². The highest BCUT2D eigenvalue weighted by Crippen LogP contribution is 2.21. The number of rotatable bonds is 4. The number of nitrogens with one attached hydrogen (secondary N) is 2. The lowest BCUT2D eigenvalue weighted by Crippen LogP contribution is -2.13. The molecule has 1 amide bonds. The smallest absolute Gasteiger partial charge is 0.258 e. The number of amides is 1. The molecule has 0 radical (unpaired) electrons. The Morgan fingerprint density at radius 1 is 1.25 bits per heavy atom. The highest BCUT2D eigenvalue weighted by Gasteiger charge is 2.12. The first-order valence-corrected chi connectivity index (χ1v) is 8.03. The number of carbonyl (C=O) groups is 1. The highest BCUT2D eigenvalue weighted by molar-refractivity contribution is 7.13. The molecule has 4 aromatic rings. The summed E-state index contributed by atoms with van der Waals surface area (Å²) in [5.41, 5.74) is 1.37. The molecule has 3 heterocycles. The van der Waals surface area contributed by atoms with Crippen LogP contribution >= 0.6 is 11.3 Å². The molecule has 0 fully saturated rings. The maximum atomic E-state index is 12.4.